The Bertz CT molecular complexity index is 850. The Kier molecular flexibility index (Phi) is 5.04. The second-order valence-corrected chi connectivity index (χ2v) is 5.45. The largest absolute Gasteiger partial charge is 0.341 e. The molecule has 5 heteroatoms. The van der Waals surface area contributed by atoms with E-state index >= 15 is 0 Å². The molecule has 0 saturated carbocycles. The number of nitrogens with one attached hydrogen (secondary N) is 1. The first kappa shape index (κ1) is 16.6. The highest BCUT2D eigenvalue weighted by molar-refractivity contribution is 6.02. The molecule has 2 aromatic carbocycles. The molecule has 4 nitrogen and oxygen atoms in total. The van der Waals surface area contributed by atoms with Gasteiger partial charge in [0.25, 0.3) is 5.91 Å². The minimum Gasteiger partial charge on any atom is -0.341 e. The van der Waals surface area contributed by atoms with Crippen molar-refractivity contribution in [2.75, 3.05) is 16.8 Å². The maximum atomic E-state index is 13.2. The molecular weight excluding hydrogens is 317 g/mol. The summed E-state index contributed by atoms with van der Waals surface area (Å²) in [6.45, 7) is 2.83. The van der Waals surface area contributed by atoms with Gasteiger partial charge in [-0.1, -0.05) is 24.3 Å². The number of hydrogen-bond acceptors (Lipinski definition) is 3. The number of benzene rings is 2. The van der Waals surface area contributed by atoms with Gasteiger partial charge in [0.2, 0.25) is 0 Å². The zero-order valence-corrected chi connectivity index (χ0v) is 13.8. The Hall–Kier alpha value is -3.21. The van der Waals surface area contributed by atoms with Crippen molar-refractivity contribution >= 4 is 23.0 Å². The normalized spacial score (nSPS) is 10.3. The van der Waals surface area contributed by atoms with E-state index in [1.165, 1.54) is 12.1 Å². The highest BCUT2D eigenvalue weighted by atomic mass is 19.1. The molecule has 3 rings (SSSR count). The molecule has 0 aliphatic carbocycles. The number of hydrogen-bond donors (Lipinski definition) is 1. The lowest BCUT2D eigenvalue weighted by Crippen LogP contribution is -2.17. The van der Waals surface area contributed by atoms with Gasteiger partial charge in [0.1, 0.15) is 11.5 Å². The highest BCUT2D eigenvalue weighted by Gasteiger charge is 2.11. The van der Waals surface area contributed by atoms with Crippen LogP contribution < -0.4 is 10.2 Å². The van der Waals surface area contributed by atoms with Crippen LogP contribution in [-0.2, 0) is 0 Å². The molecule has 0 aliphatic heterocycles. The topological polar surface area (TPSA) is 45.2 Å². The van der Waals surface area contributed by atoms with Crippen LogP contribution in [0.15, 0.2) is 72.9 Å². The van der Waals surface area contributed by atoms with Crippen LogP contribution in [0.2, 0.25) is 0 Å². The van der Waals surface area contributed by atoms with E-state index in [2.05, 4.69) is 22.1 Å². The first-order valence-corrected chi connectivity index (χ1v) is 8.03. The number of halogens is 1. The lowest BCUT2D eigenvalue weighted by molar-refractivity contribution is 0.102. The summed E-state index contributed by atoms with van der Waals surface area (Å²) in [5.74, 6) is -0.775. The van der Waals surface area contributed by atoms with E-state index in [0.29, 0.717) is 5.69 Å². The first-order chi connectivity index (χ1) is 12.2. The van der Waals surface area contributed by atoms with E-state index in [1.54, 1.807) is 24.4 Å². The van der Waals surface area contributed by atoms with Crippen molar-refractivity contribution in [1.82, 2.24) is 4.98 Å². The molecule has 0 fully saturated rings. The van der Waals surface area contributed by atoms with Gasteiger partial charge in [0, 0.05) is 17.9 Å². The highest BCUT2D eigenvalue weighted by Crippen LogP contribution is 2.24. The molecular formula is C20H18FN3O. The smallest absolute Gasteiger partial charge is 0.274 e. The van der Waals surface area contributed by atoms with Crippen molar-refractivity contribution in [3.05, 3.63) is 84.4 Å². The van der Waals surface area contributed by atoms with E-state index in [0.717, 1.165) is 17.9 Å². The predicted molar refractivity (Wildman–Crippen MR) is 97.7 cm³/mol. The van der Waals surface area contributed by atoms with Crippen LogP contribution in [0.1, 0.15) is 17.4 Å². The molecule has 0 bridgehead atoms. The van der Waals surface area contributed by atoms with Crippen LogP contribution in [0.25, 0.3) is 0 Å². The van der Waals surface area contributed by atoms with Crippen LogP contribution in [0.5, 0.6) is 0 Å². The number of rotatable bonds is 5. The number of amides is 1. The minimum atomic E-state index is -0.400. The number of nitrogens with zero attached hydrogens (tertiary/aromatic N) is 2. The molecule has 1 N–H and O–H groups in total. The average molecular weight is 335 g/mol. The lowest BCUT2D eigenvalue weighted by Gasteiger charge is -2.22. The summed E-state index contributed by atoms with van der Waals surface area (Å²) in [7, 11) is 0. The number of carbonyl (C=O) groups excluding carboxylic acids is 1. The third-order valence-electron chi connectivity index (χ3n) is 3.76. The number of para-hydroxylation sites is 1. The summed E-state index contributed by atoms with van der Waals surface area (Å²) in [4.78, 5) is 18.6. The fourth-order valence-electron chi connectivity index (χ4n) is 2.56. The van der Waals surface area contributed by atoms with Crippen LogP contribution in [0.4, 0.5) is 21.5 Å². The predicted octanol–water partition coefficient (Wildman–Crippen LogP) is 4.63. The third kappa shape index (κ3) is 4.01. The second kappa shape index (κ2) is 7.57. The summed E-state index contributed by atoms with van der Waals surface area (Å²) in [5.41, 5.74) is 2.63. The maximum absolute atomic E-state index is 13.2. The fraction of sp³-hybridized carbons (Fsp3) is 0.100. The summed E-state index contributed by atoms with van der Waals surface area (Å²) in [5, 5.41) is 2.64. The standard InChI is InChI=1S/C20H18FN3O/c1-2-24(17-9-4-3-5-10-17)18-11-12-19(22-14-18)20(25)23-16-8-6-7-15(21)13-16/h3-14H,2H2,1H3,(H,23,25). The third-order valence-corrected chi connectivity index (χ3v) is 3.76. The molecule has 0 atom stereocenters. The summed E-state index contributed by atoms with van der Waals surface area (Å²) >= 11 is 0. The maximum Gasteiger partial charge on any atom is 0.274 e. The fourth-order valence-corrected chi connectivity index (χ4v) is 2.56. The zero-order valence-electron chi connectivity index (χ0n) is 13.8. The number of carbonyl (C=O) groups is 1. The Morgan fingerprint density at radius 1 is 1.04 bits per heavy atom. The van der Waals surface area contributed by atoms with Crippen molar-refractivity contribution in [3.8, 4) is 0 Å². The summed E-state index contributed by atoms with van der Waals surface area (Å²) in [6.07, 6.45) is 1.66. The number of anilines is 3. The molecule has 0 aliphatic rings. The molecule has 3 aromatic rings. The monoisotopic (exact) mass is 335 g/mol. The lowest BCUT2D eigenvalue weighted by atomic mass is 10.2. The van der Waals surface area contributed by atoms with Crippen molar-refractivity contribution in [1.29, 1.82) is 0 Å². The van der Waals surface area contributed by atoms with Gasteiger partial charge in [-0.15, -0.1) is 0 Å². The Morgan fingerprint density at radius 2 is 1.84 bits per heavy atom. The van der Waals surface area contributed by atoms with Crippen LogP contribution >= 0.6 is 0 Å². The minimum absolute atomic E-state index is 0.275. The van der Waals surface area contributed by atoms with Gasteiger partial charge in [-0.25, -0.2) is 9.37 Å². The quantitative estimate of drug-likeness (QED) is 0.739. The van der Waals surface area contributed by atoms with Gasteiger partial charge in [-0.3, -0.25) is 4.79 Å². The summed E-state index contributed by atoms with van der Waals surface area (Å²) < 4.78 is 13.2. The van der Waals surface area contributed by atoms with Crippen molar-refractivity contribution < 1.29 is 9.18 Å². The van der Waals surface area contributed by atoms with Gasteiger partial charge in [-0.2, -0.15) is 0 Å². The van der Waals surface area contributed by atoms with Gasteiger partial charge in [-0.05, 0) is 49.4 Å². The van der Waals surface area contributed by atoms with E-state index < -0.39 is 5.82 Å². The molecule has 0 spiro atoms. The Labute approximate surface area is 145 Å². The van der Waals surface area contributed by atoms with Crippen LogP contribution in [-0.4, -0.2) is 17.4 Å². The Morgan fingerprint density at radius 3 is 2.48 bits per heavy atom. The second-order valence-electron chi connectivity index (χ2n) is 5.45. The van der Waals surface area contributed by atoms with E-state index in [9.17, 15) is 9.18 Å². The number of pyridine rings is 1. The van der Waals surface area contributed by atoms with E-state index in [-0.39, 0.29) is 11.6 Å². The molecule has 1 amide bonds. The van der Waals surface area contributed by atoms with E-state index in [1.807, 2.05) is 36.4 Å². The van der Waals surface area contributed by atoms with Gasteiger partial charge in [0.15, 0.2) is 0 Å². The molecule has 0 unspecified atom stereocenters. The van der Waals surface area contributed by atoms with E-state index in [4.69, 9.17) is 0 Å². The average Bonchev–Trinajstić information content (AvgIpc) is 2.64. The molecule has 0 saturated heterocycles. The summed E-state index contributed by atoms with van der Waals surface area (Å²) in [6, 6.07) is 19.2. The first-order valence-electron chi connectivity index (χ1n) is 8.03. The zero-order chi connectivity index (χ0) is 17.6. The molecule has 25 heavy (non-hydrogen) atoms. The van der Waals surface area contributed by atoms with Crippen molar-refractivity contribution in [2.24, 2.45) is 0 Å². The van der Waals surface area contributed by atoms with Gasteiger partial charge in [0.05, 0.1) is 11.9 Å². The number of aromatic nitrogens is 1. The molecule has 0 radical (unpaired) electrons. The van der Waals surface area contributed by atoms with Gasteiger partial charge >= 0.3 is 0 Å². The van der Waals surface area contributed by atoms with Crippen molar-refractivity contribution in [2.45, 2.75) is 6.92 Å². The molecule has 1 heterocycles. The molecule has 1 aromatic heterocycles. The SMILES string of the molecule is CCN(c1ccccc1)c1ccc(C(=O)Nc2cccc(F)c2)nc1. The Balaban J connectivity index is 1.76. The van der Waals surface area contributed by atoms with Crippen LogP contribution in [0.3, 0.4) is 0 Å². The van der Waals surface area contributed by atoms with Crippen LogP contribution in [0, 0.1) is 5.82 Å². The molecule has 126 valence electrons. The van der Waals surface area contributed by atoms with Crippen molar-refractivity contribution in [3.63, 3.8) is 0 Å². The van der Waals surface area contributed by atoms with Gasteiger partial charge < -0.3 is 10.2 Å².